The van der Waals surface area contributed by atoms with E-state index >= 15 is 0 Å². The molecule has 90 valence electrons. The standard InChI is InChI=1S/C14H17NO2/c1-9(2)14-10(3)15(8-13(16)17)12-7-5-4-6-11(12)14/h4-7,9H,8H2,1-3H3,(H,16,17)/p-1. The summed E-state index contributed by atoms with van der Waals surface area (Å²) in [5, 5.41) is 12.0. The van der Waals surface area contributed by atoms with Crippen LogP contribution in [0.3, 0.4) is 0 Å². The highest BCUT2D eigenvalue weighted by Crippen LogP contribution is 2.31. The van der Waals surface area contributed by atoms with Gasteiger partial charge in [0.25, 0.3) is 0 Å². The Bertz CT molecular complexity index is 567. The maximum atomic E-state index is 10.8. The number of benzene rings is 1. The molecule has 0 unspecified atom stereocenters. The average Bonchev–Trinajstić information content (AvgIpc) is 2.52. The first-order chi connectivity index (χ1) is 8.02. The third kappa shape index (κ3) is 1.93. The molecule has 0 aliphatic heterocycles. The van der Waals surface area contributed by atoms with Crippen LogP contribution in [0.5, 0.6) is 0 Å². The van der Waals surface area contributed by atoms with Gasteiger partial charge in [-0.3, -0.25) is 0 Å². The molecule has 0 fully saturated rings. The summed E-state index contributed by atoms with van der Waals surface area (Å²) in [5.41, 5.74) is 3.21. The van der Waals surface area contributed by atoms with Crippen molar-refractivity contribution in [3.8, 4) is 0 Å². The minimum Gasteiger partial charge on any atom is -0.548 e. The van der Waals surface area contributed by atoms with Crippen molar-refractivity contribution in [3.05, 3.63) is 35.5 Å². The van der Waals surface area contributed by atoms with Crippen LogP contribution in [-0.4, -0.2) is 10.5 Å². The Morgan fingerprint density at radius 2 is 2.00 bits per heavy atom. The number of rotatable bonds is 3. The molecular formula is C14H16NO2-. The molecule has 0 bridgehead atoms. The number of fused-ring (bicyclic) bond motifs is 1. The lowest BCUT2D eigenvalue weighted by Crippen LogP contribution is -2.27. The molecule has 2 aromatic rings. The van der Waals surface area contributed by atoms with E-state index in [2.05, 4.69) is 13.8 Å². The van der Waals surface area contributed by atoms with E-state index in [9.17, 15) is 9.90 Å². The molecule has 0 N–H and O–H groups in total. The molecule has 0 amide bonds. The quantitative estimate of drug-likeness (QED) is 0.807. The van der Waals surface area contributed by atoms with Gasteiger partial charge in [-0.2, -0.15) is 0 Å². The van der Waals surface area contributed by atoms with Gasteiger partial charge in [-0.1, -0.05) is 32.0 Å². The van der Waals surface area contributed by atoms with Gasteiger partial charge in [0.1, 0.15) is 0 Å². The summed E-state index contributed by atoms with van der Waals surface area (Å²) in [5.74, 6) is -0.674. The summed E-state index contributed by atoms with van der Waals surface area (Å²) >= 11 is 0. The van der Waals surface area contributed by atoms with E-state index in [0.29, 0.717) is 5.92 Å². The first kappa shape index (κ1) is 11.7. The van der Waals surface area contributed by atoms with E-state index in [0.717, 1.165) is 16.6 Å². The molecule has 0 radical (unpaired) electrons. The van der Waals surface area contributed by atoms with Gasteiger partial charge >= 0.3 is 0 Å². The maximum Gasteiger partial charge on any atom is 0.0624 e. The van der Waals surface area contributed by atoms with E-state index in [1.807, 2.05) is 35.8 Å². The molecule has 17 heavy (non-hydrogen) atoms. The van der Waals surface area contributed by atoms with Crippen LogP contribution in [0.15, 0.2) is 24.3 Å². The van der Waals surface area contributed by atoms with Gasteiger partial charge < -0.3 is 14.5 Å². The second kappa shape index (κ2) is 4.24. The predicted molar refractivity (Wildman–Crippen MR) is 65.8 cm³/mol. The molecule has 0 saturated carbocycles. The average molecular weight is 230 g/mol. The molecule has 0 atom stereocenters. The van der Waals surface area contributed by atoms with Crippen LogP contribution in [0.1, 0.15) is 31.0 Å². The fourth-order valence-electron chi connectivity index (χ4n) is 2.52. The lowest BCUT2D eigenvalue weighted by molar-refractivity contribution is -0.306. The number of carbonyl (C=O) groups is 1. The molecule has 2 rings (SSSR count). The highest BCUT2D eigenvalue weighted by Gasteiger charge is 2.15. The monoisotopic (exact) mass is 230 g/mol. The second-order valence-electron chi connectivity index (χ2n) is 4.63. The van der Waals surface area contributed by atoms with Crippen molar-refractivity contribution in [2.75, 3.05) is 0 Å². The fourth-order valence-corrected chi connectivity index (χ4v) is 2.52. The van der Waals surface area contributed by atoms with Crippen LogP contribution in [-0.2, 0) is 11.3 Å². The molecule has 0 spiro atoms. The third-order valence-corrected chi connectivity index (χ3v) is 3.14. The Morgan fingerprint density at radius 3 is 2.59 bits per heavy atom. The molecule has 0 aliphatic rings. The Balaban J connectivity index is 2.74. The van der Waals surface area contributed by atoms with Crippen molar-refractivity contribution in [2.24, 2.45) is 0 Å². The molecule has 3 heteroatoms. The highest BCUT2D eigenvalue weighted by molar-refractivity contribution is 5.87. The molecule has 1 heterocycles. The van der Waals surface area contributed by atoms with Crippen LogP contribution >= 0.6 is 0 Å². The zero-order valence-electron chi connectivity index (χ0n) is 10.4. The summed E-state index contributed by atoms with van der Waals surface area (Å²) in [4.78, 5) is 10.8. The molecule has 0 aliphatic carbocycles. The van der Waals surface area contributed by atoms with Crippen molar-refractivity contribution in [2.45, 2.75) is 33.2 Å². The Hall–Kier alpha value is -1.77. The Kier molecular flexibility index (Phi) is 2.92. The largest absolute Gasteiger partial charge is 0.548 e. The summed E-state index contributed by atoms with van der Waals surface area (Å²) in [6.45, 7) is 6.13. The number of para-hydroxylation sites is 1. The van der Waals surface area contributed by atoms with Crippen molar-refractivity contribution in [1.82, 2.24) is 4.57 Å². The topological polar surface area (TPSA) is 45.1 Å². The molecule has 1 aromatic carbocycles. The van der Waals surface area contributed by atoms with Gasteiger partial charge in [-0.25, -0.2) is 0 Å². The number of carboxylic acid groups (broad SMARTS) is 1. The number of carboxylic acids is 1. The van der Waals surface area contributed by atoms with Crippen molar-refractivity contribution in [3.63, 3.8) is 0 Å². The van der Waals surface area contributed by atoms with E-state index in [1.165, 1.54) is 5.56 Å². The lowest BCUT2D eigenvalue weighted by atomic mass is 10.00. The van der Waals surface area contributed by atoms with Gasteiger partial charge in [-0.15, -0.1) is 0 Å². The number of aromatic nitrogens is 1. The Morgan fingerprint density at radius 1 is 1.35 bits per heavy atom. The first-order valence-corrected chi connectivity index (χ1v) is 5.80. The fraction of sp³-hybridized carbons (Fsp3) is 0.357. The van der Waals surface area contributed by atoms with Crippen LogP contribution in [0, 0.1) is 6.92 Å². The molecule has 0 saturated heterocycles. The Labute approximate surface area is 101 Å². The number of aliphatic carboxylic acids is 1. The van der Waals surface area contributed by atoms with Crippen LogP contribution in [0.25, 0.3) is 10.9 Å². The molecule has 3 nitrogen and oxygen atoms in total. The van der Waals surface area contributed by atoms with E-state index in [-0.39, 0.29) is 6.54 Å². The van der Waals surface area contributed by atoms with Gasteiger partial charge in [0.15, 0.2) is 0 Å². The van der Waals surface area contributed by atoms with Crippen molar-refractivity contribution < 1.29 is 9.90 Å². The maximum absolute atomic E-state index is 10.8. The number of nitrogens with zero attached hydrogens (tertiary/aromatic N) is 1. The normalized spacial score (nSPS) is 11.3. The number of carbonyl (C=O) groups excluding carboxylic acids is 1. The van der Waals surface area contributed by atoms with Crippen molar-refractivity contribution >= 4 is 16.9 Å². The lowest BCUT2D eigenvalue weighted by Gasteiger charge is -2.10. The molecule has 1 aromatic heterocycles. The number of hydrogen-bond acceptors (Lipinski definition) is 2. The summed E-state index contributed by atoms with van der Waals surface area (Å²) < 4.78 is 1.82. The minimum absolute atomic E-state index is 0.0843. The van der Waals surface area contributed by atoms with E-state index < -0.39 is 5.97 Å². The van der Waals surface area contributed by atoms with E-state index in [4.69, 9.17) is 0 Å². The SMILES string of the molecule is Cc1c(C(C)C)c2ccccc2n1CC(=O)[O-]. The highest BCUT2D eigenvalue weighted by atomic mass is 16.4. The first-order valence-electron chi connectivity index (χ1n) is 5.80. The zero-order valence-corrected chi connectivity index (χ0v) is 10.4. The van der Waals surface area contributed by atoms with E-state index in [1.54, 1.807) is 0 Å². The van der Waals surface area contributed by atoms with Crippen molar-refractivity contribution in [1.29, 1.82) is 0 Å². The van der Waals surface area contributed by atoms with Crippen LogP contribution in [0.4, 0.5) is 0 Å². The smallest absolute Gasteiger partial charge is 0.0624 e. The van der Waals surface area contributed by atoms with Crippen LogP contribution < -0.4 is 5.11 Å². The zero-order chi connectivity index (χ0) is 12.6. The third-order valence-electron chi connectivity index (χ3n) is 3.14. The van der Waals surface area contributed by atoms with Gasteiger partial charge in [0.2, 0.25) is 0 Å². The van der Waals surface area contributed by atoms with Gasteiger partial charge in [0, 0.05) is 16.6 Å². The van der Waals surface area contributed by atoms with Gasteiger partial charge in [-0.05, 0) is 24.5 Å². The van der Waals surface area contributed by atoms with Crippen LogP contribution in [0.2, 0.25) is 0 Å². The molecular weight excluding hydrogens is 214 g/mol. The second-order valence-corrected chi connectivity index (χ2v) is 4.63. The summed E-state index contributed by atoms with van der Waals surface area (Å²) in [6, 6.07) is 7.91. The summed E-state index contributed by atoms with van der Waals surface area (Å²) in [6.07, 6.45) is 0. The summed E-state index contributed by atoms with van der Waals surface area (Å²) in [7, 11) is 0. The van der Waals surface area contributed by atoms with Gasteiger partial charge in [0.05, 0.1) is 12.5 Å². The minimum atomic E-state index is -1.05. The number of hydrogen-bond donors (Lipinski definition) is 0. The predicted octanol–water partition coefficient (Wildman–Crippen LogP) is 1.82.